The smallest absolute Gasteiger partial charge is 0.252 e. The maximum absolute atomic E-state index is 11.1. The van der Waals surface area contributed by atoms with Crippen LogP contribution in [0.2, 0.25) is 0 Å². The molecule has 0 aromatic heterocycles. The Labute approximate surface area is 93.0 Å². The molecule has 0 aromatic carbocycles. The lowest BCUT2D eigenvalue weighted by atomic mass is 10.2. The lowest BCUT2D eigenvalue weighted by Crippen LogP contribution is -2.50. The summed E-state index contributed by atoms with van der Waals surface area (Å²) in [5, 5.41) is 23.1. The zero-order chi connectivity index (χ0) is 12.6. The highest BCUT2D eigenvalue weighted by atomic mass is 16.3. The van der Waals surface area contributed by atoms with Crippen LogP contribution in [-0.2, 0) is 9.59 Å². The van der Waals surface area contributed by atoms with Crippen LogP contribution in [0.15, 0.2) is 0 Å². The molecule has 2 unspecified atom stereocenters. The van der Waals surface area contributed by atoms with E-state index >= 15 is 0 Å². The standard InChI is InChI=1S/C8H18N4O4/c9-1-3-11-7(15)5(13)6(14)8(16)12-4-2-10/h5-6,13-14H,1-4,9-10H2,(H,11,15)(H,12,16). The normalized spacial score (nSPS) is 14.0. The van der Waals surface area contributed by atoms with Crippen LogP contribution in [0.4, 0.5) is 0 Å². The first-order chi connectivity index (χ1) is 7.54. The molecule has 0 bridgehead atoms. The molecule has 0 aliphatic heterocycles. The lowest BCUT2D eigenvalue weighted by Gasteiger charge is -2.16. The van der Waals surface area contributed by atoms with Gasteiger partial charge in [-0.2, -0.15) is 0 Å². The summed E-state index contributed by atoms with van der Waals surface area (Å²) in [4.78, 5) is 22.3. The molecule has 0 saturated carbocycles. The van der Waals surface area contributed by atoms with Crippen LogP contribution in [-0.4, -0.2) is 60.4 Å². The topological polar surface area (TPSA) is 151 Å². The fourth-order valence-electron chi connectivity index (χ4n) is 0.887. The van der Waals surface area contributed by atoms with Crippen LogP contribution < -0.4 is 22.1 Å². The van der Waals surface area contributed by atoms with Gasteiger partial charge >= 0.3 is 0 Å². The van der Waals surface area contributed by atoms with Crippen LogP contribution in [0.25, 0.3) is 0 Å². The molecule has 0 radical (unpaired) electrons. The van der Waals surface area contributed by atoms with Crippen molar-refractivity contribution in [2.24, 2.45) is 11.5 Å². The molecule has 2 atom stereocenters. The van der Waals surface area contributed by atoms with E-state index in [0.29, 0.717) is 0 Å². The third kappa shape index (κ3) is 5.03. The van der Waals surface area contributed by atoms with Crippen molar-refractivity contribution in [3.63, 3.8) is 0 Å². The fraction of sp³-hybridized carbons (Fsp3) is 0.750. The predicted octanol–water partition coefficient (Wildman–Crippen LogP) is -4.14. The van der Waals surface area contributed by atoms with Gasteiger partial charge in [0.25, 0.3) is 11.8 Å². The minimum Gasteiger partial charge on any atom is -0.380 e. The maximum atomic E-state index is 11.1. The largest absolute Gasteiger partial charge is 0.380 e. The maximum Gasteiger partial charge on any atom is 0.252 e. The van der Waals surface area contributed by atoms with Crippen molar-refractivity contribution >= 4 is 11.8 Å². The van der Waals surface area contributed by atoms with E-state index in [2.05, 4.69) is 10.6 Å². The minimum absolute atomic E-state index is 0.160. The van der Waals surface area contributed by atoms with Gasteiger partial charge in [0.15, 0.2) is 12.2 Å². The summed E-state index contributed by atoms with van der Waals surface area (Å²) in [7, 11) is 0. The van der Waals surface area contributed by atoms with Crippen LogP contribution in [0.5, 0.6) is 0 Å². The van der Waals surface area contributed by atoms with Crippen LogP contribution in [0.3, 0.4) is 0 Å². The van der Waals surface area contributed by atoms with Crippen LogP contribution in [0, 0.1) is 0 Å². The van der Waals surface area contributed by atoms with Gasteiger partial charge in [-0.05, 0) is 0 Å². The number of hydrogen-bond donors (Lipinski definition) is 6. The van der Waals surface area contributed by atoms with Crippen molar-refractivity contribution in [2.45, 2.75) is 12.2 Å². The molecule has 94 valence electrons. The Kier molecular flexibility index (Phi) is 7.38. The van der Waals surface area contributed by atoms with Gasteiger partial charge in [0.2, 0.25) is 0 Å². The van der Waals surface area contributed by atoms with E-state index in [-0.39, 0.29) is 26.2 Å². The number of aliphatic hydroxyl groups is 2. The van der Waals surface area contributed by atoms with Crippen molar-refractivity contribution in [1.82, 2.24) is 10.6 Å². The summed E-state index contributed by atoms with van der Waals surface area (Å²) in [5.41, 5.74) is 10.3. The van der Waals surface area contributed by atoms with Crippen molar-refractivity contribution in [1.29, 1.82) is 0 Å². The van der Waals surface area contributed by atoms with Gasteiger partial charge in [-0.15, -0.1) is 0 Å². The molecule has 0 aromatic rings. The van der Waals surface area contributed by atoms with E-state index in [4.69, 9.17) is 11.5 Å². The van der Waals surface area contributed by atoms with Gasteiger partial charge in [-0.3, -0.25) is 9.59 Å². The second kappa shape index (κ2) is 7.99. The Morgan fingerprint density at radius 1 is 0.938 bits per heavy atom. The molecule has 16 heavy (non-hydrogen) atoms. The Hall–Kier alpha value is -1.22. The van der Waals surface area contributed by atoms with E-state index in [1.807, 2.05) is 0 Å². The molecule has 0 heterocycles. The number of carbonyl (C=O) groups is 2. The van der Waals surface area contributed by atoms with Gasteiger partial charge in [-0.25, -0.2) is 0 Å². The lowest BCUT2D eigenvalue weighted by molar-refractivity contribution is -0.145. The molecule has 0 rings (SSSR count). The third-order valence-electron chi connectivity index (χ3n) is 1.72. The molecule has 8 nitrogen and oxygen atoms in total. The Bertz CT molecular complexity index is 212. The summed E-state index contributed by atoms with van der Waals surface area (Å²) in [5.74, 6) is -1.69. The van der Waals surface area contributed by atoms with Crippen LogP contribution in [0.1, 0.15) is 0 Å². The minimum atomic E-state index is -1.82. The molecule has 0 saturated heterocycles. The van der Waals surface area contributed by atoms with Gasteiger partial charge in [0.1, 0.15) is 0 Å². The summed E-state index contributed by atoms with van der Waals surface area (Å²) in [6.07, 6.45) is -3.63. The number of rotatable bonds is 7. The van der Waals surface area contributed by atoms with E-state index < -0.39 is 24.0 Å². The van der Waals surface area contributed by atoms with Crippen molar-refractivity contribution in [2.75, 3.05) is 26.2 Å². The zero-order valence-corrected chi connectivity index (χ0v) is 8.85. The zero-order valence-electron chi connectivity index (χ0n) is 8.85. The number of nitrogens with two attached hydrogens (primary N) is 2. The van der Waals surface area contributed by atoms with Gasteiger partial charge in [0.05, 0.1) is 0 Å². The second-order valence-electron chi connectivity index (χ2n) is 3.05. The van der Waals surface area contributed by atoms with Gasteiger partial charge in [0, 0.05) is 26.2 Å². The second-order valence-corrected chi connectivity index (χ2v) is 3.05. The molecule has 8 heteroatoms. The number of aliphatic hydroxyl groups excluding tert-OH is 2. The monoisotopic (exact) mass is 234 g/mol. The first kappa shape index (κ1) is 14.8. The summed E-state index contributed by atoms with van der Waals surface area (Å²) < 4.78 is 0. The molecular weight excluding hydrogens is 216 g/mol. The number of amides is 2. The van der Waals surface area contributed by atoms with Crippen molar-refractivity contribution in [3.8, 4) is 0 Å². The quantitative estimate of drug-likeness (QED) is 0.263. The van der Waals surface area contributed by atoms with E-state index in [0.717, 1.165) is 0 Å². The first-order valence-corrected chi connectivity index (χ1v) is 4.86. The van der Waals surface area contributed by atoms with E-state index in [1.165, 1.54) is 0 Å². The van der Waals surface area contributed by atoms with Gasteiger partial charge < -0.3 is 32.3 Å². The summed E-state index contributed by atoms with van der Waals surface area (Å²) in [6.45, 7) is 0.724. The molecular formula is C8H18N4O4. The number of carbonyl (C=O) groups excluding carboxylic acids is 2. The van der Waals surface area contributed by atoms with Crippen molar-refractivity contribution in [3.05, 3.63) is 0 Å². The number of nitrogens with one attached hydrogen (secondary N) is 2. The highest BCUT2D eigenvalue weighted by Crippen LogP contribution is 1.93. The molecule has 2 amide bonds. The van der Waals surface area contributed by atoms with Crippen molar-refractivity contribution < 1.29 is 19.8 Å². The summed E-state index contributed by atoms with van der Waals surface area (Å²) >= 11 is 0. The molecule has 0 aliphatic carbocycles. The van der Waals surface area contributed by atoms with E-state index in [1.54, 1.807) is 0 Å². The first-order valence-electron chi connectivity index (χ1n) is 4.86. The highest BCUT2D eigenvalue weighted by molar-refractivity contribution is 5.90. The molecule has 0 aliphatic rings. The third-order valence-corrected chi connectivity index (χ3v) is 1.72. The molecule has 0 spiro atoms. The van der Waals surface area contributed by atoms with Gasteiger partial charge in [-0.1, -0.05) is 0 Å². The van der Waals surface area contributed by atoms with Crippen LogP contribution >= 0.6 is 0 Å². The molecule has 0 fully saturated rings. The number of hydrogen-bond acceptors (Lipinski definition) is 6. The summed E-state index contributed by atoms with van der Waals surface area (Å²) in [6, 6.07) is 0. The Morgan fingerprint density at radius 3 is 1.50 bits per heavy atom. The van der Waals surface area contributed by atoms with E-state index in [9.17, 15) is 19.8 Å². The predicted molar refractivity (Wildman–Crippen MR) is 56.1 cm³/mol. The Morgan fingerprint density at radius 2 is 1.25 bits per heavy atom. The fourth-order valence-corrected chi connectivity index (χ4v) is 0.887. The average Bonchev–Trinajstić information content (AvgIpc) is 2.30. The SMILES string of the molecule is NCCNC(=O)C(O)C(O)C(=O)NCCN. The Balaban J connectivity index is 4.09. The average molecular weight is 234 g/mol. The highest BCUT2D eigenvalue weighted by Gasteiger charge is 2.29. The molecule has 8 N–H and O–H groups in total.